The predicted molar refractivity (Wildman–Crippen MR) is 92.5 cm³/mol. The Morgan fingerprint density at radius 3 is 2.64 bits per heavy atom. The topological polar surface area (TPSA) is 79.2 Å². The number of benzene rings is 2. The molecule has 4 rings (SSSR count). The van der Waals surface area contributed by atoms with Crippen molar-refractivity contribution >= 4 is 0 Å². The number of ether oxygens (including phenoxy) is 2. The Morgan fingerprint density at radius 1 is 1.12 bits per heavy atom. The molecule has 2 aliphatic rings. The highest BCUT2D eigenvalue weighted by Crippen LogP contribution is 2.58. The van der Waals surface area contributed by atoms with Crippen molar-refractivity contribution in [1.29, 1.82) is 0 Å². The van der Waals surface area contributed by atoms with E-state index < -0.39 is 5.41 Å². The Kier molecular flexibility index (Phi) is 3.35. The summed E-state index contributed by atoms with van der Waals surface area (Å²) in [5.41, 5.74) is 2.35. The van der Waals surface area contributed by atoms with Crippen LogP contribution < -0.4 is 9.47 Å². The third kappa shape index (κ3) is 2.30. The first-order valence-corrected chi connectivity index (χ1v) is 8.23. The summed E-state index contributed by atoms with van der Waals surface area (Å²) < 4.78 is 12.2. The van der Waals surface area contributed by atoms with E-state index in [0.717, 1.165) is 11.1 Å². The molecule has 0 bridgehead atoms. The number of rotatable bonds is 2. The maximum absolute atomic E-state index is 10.0. The molecule has 0 saturated carbocycles. The molecule has 2 heterocycles. The smallest absolute Gasteiger partial charge is 0.161 e. The van der Waals surface area contributed by atoms with Crippen molar-refractivity contribution < 1.29 is 24.8 Å². The number of phenols is 3. The highest BCUT2D eigenvalue weighted by Gasteiger charge is 2.53. The standard InChI is InChI=1S/C20H20O5/c1-11(2)5-6-20-10-24-17-7-12(21)3-4-13(17)19(20)25-18-9-16(23)15(22)8-14(18)20/h3-5,7-9,19,21-23H,6,10H2,1-2H3/t19-,20+/m1/s1. The van der Waals surface area contributed by atoms with Gasteiger partial charge in [0, 0.05) is 23.3 Å². The number of aromatic hydroxyl groups is 3. The largest absolute Gasteiger partial charge is 0.508 e. The number of allylic oxidation sites excluding steroid dienone is 2. The predicted octanol–water partition coefficient (Wildman–Crippen LogP) is 3.92. The van der Waals surface area contributed by atoms with Gasteiger partial charge in [-0.15, -0.1) is 0 Å². The first-order chi connectivity index (χ1) is 11.9. The van der Waals surface area contributed by atoms with Gasteiger partial charge in [0.25, 0.3) is 0 Å². The molecule has 2 aromatic carbocycles. The molecular formula is C20H20O5. The van der Waals surface area contributed by atoms with Gasteiger partial charge in [-0.25, -0.2) is 0 Å². The highest BCUT2D eigenvalue weighted by atomic mass is 16.5. The van der Waals surface area contributed by atoms with Crippen LogP contribution in [-0.2, 0) is 5.41 Å². The van der Waals surface area contributed by atoms with E-state index in [2.05, 4.69) is 6.08 Å². The number of fused-ring (bicyclic) bond motifs is 5. The molecular weight excluding hydrogens is 320 g/mol. The Bertz CT molecular complexity index is 882. The van der Waals surface area contributed by atoms with Gasteiger partial charge in [0.15, 0.2) is 11.5 Å². The van der Waals surface area contributed by atoms with Crippen LogP contribution in [0.5, 0.6) is 28.7 Å². The quantitative estimate of drug-likeness (QED) is 0.570. The van der Waals surface area contributed by atoms with Crippen LogP contribution in [0.15, 0.2) is 42.0 Å². The van der Waals surface area contributed by atoms with Gasteiger partial charge < -0.3 is 24.8 Å². The van der Waals surface area contributed by atoms with Gasteiger partial charge in [-0.05, 0) is 38.5 Å². The van der Waals surface area contributed by atoms with Crippen molar-refractivity contribution in [2.24, 2.45) is 0 Å². The number of hydrogen-bond donors (Lipinski definition) is 3. The molecule has 0 saturated heterocycles. The summed E-state index contributed by atoms with van der Waals surface area (Å²) in [5.74, 6) is 0.907. The lowest BCUT2D eigenvalue weighted by Crippen LogP contribution is -2.41. The first kappa shape index (κ1) is 15.7. The maximum Gasteiger partial charge on any atom is 0.161 e. The van der Waals surface area contributed by atoms with Crippen LogP contribution >= 0.6 is 0 Å². The SMILES string of the molecule is CC(C)=CC[C@@]12COc3cc(O)ccc3[C@H]1Oc1cc(O)c(O)cc12. The van der Waals surface area contributed by atoms with Crippen LogP contribution in [0.4, 0.5) is 0 Å². The van der Waals surface area contributed by atoms with Gasteiger partial charge in [-0.1, -0.05) is 11.6 Å². The molecule has 0 amide bonds. The average Bonchev–Trinajstić information content (AvgIpc) is 2.87. The van der Waals surface area contributed by atoms with Crippen LogP contribution in [0.2, 0.25) is 0 Å². The summed E-state index contributed by atoms with van der Waals surface area (Å²) >= 11 is 0. The molecule has 2 atom stereocenters. The summed E-state index contributed by atoms with van der Waals surface area (Å²) in [6.07, 6.45) is 2.49. The van der Waals surface area contributed by atoms with Gasteiger partial charge in [-0.3, -0.25) is 0 Å². The zero-order chi connectivity index (χ0) is 17.8. The molecule has 0 fully saturated rings. The minimum Gasteiger partial charge on any atom is -0.508 e. The Morgan fingerprint density at radius 2 is 1.88 bits per heavy atom. The van der Waals surface area contributed by atoms with E-state index in [9.17, 15) is 15.3 Å². The van der Waals surface area contributed by atoms with E-state index in [4.69, 9.17) is 9.47 Å². The molecule has 0 unspecified atom stereocenters. The molecule has 2 aromatic rings. The normalized spacial score (nSPS) is 22.9. The lowest BCUT2D eigenvalue weighted by molar-refractivity contribution is 0.0724. The zero-order valence-electron chi connectivity index (χ0n) is 14.1. The monoisotopic (exact) mass is 340 g/mol. The summed E-state index contributed by atoms with van der Waals surface area (Å²) in [4.78, 5) is 0. The summed E-state index contributed by atoms with van der Waals surface area (Å²) in [6, 6.07) is 8.02. The molecule has 0 radical (unpaired) electrons. The fourth-order valence-corrected chi connectivity index (χ4v) is 3.67. The van der Waals surface area contributed by atoms with Crippen molar-refractivity contribution in [2.45, 2.75) is 31.8 Å². The third-order valence-electron chi connectivity index (χ3n) is 5.00. The summed E-state index contributed by atoms with van der Waals surface area (Å²) in [5, 5.41) is 29.6. The third-order valence-corrected chi connectivity index (χ3v) is 5.00. The minimum absolute atomic E-state index is 0.140. The molecule has 130 valence electrons. The van der Waals surface area contributed by atoms with Gasteiger partial charge in [0.2, 0.25) is 0 Å². The van der Waals surface area contributed by atoms with Gasteiger partial charge in [0.05, 0.1) is 5.41 Å². The van der Waals surface area contributed by atoms with Crippen LogP contribution in [0.3, 0.4) is 0 Å². The molecule has 0 aromatic heterocycles. The number of phenolic OH excluding ortho intramolecular Hbond substituents is 3. The van der Waals surface area contributed by atoms with E-state index in [0.29, 0.717) is 24.5 Å². The Labute approximate surface area is 145 Å². The van der Waals surface area contributed by atoms with Crippen LogP contribution in [-0.4, -0.2) is 21.9 Å². The number of hydrogen-bond acceptors (Lipinski definition) is 5. The van der Waals surface area contributed by atoms with Gasteiger partial charge in [0.1, 0.15) is 30.0 Å². The van der Waals surface area contributed by atoms with Crippen molar-refractivity contribution in [3.05, 3.63) is 53.1 Å². The second kappa shape index (κ2) is 5.34. The lowest BCUT2D eigenvalue weighted by atomic mass is 9.71. The second-order valence-corrected chi connectivity index (χ2v) is 6.99. The molecule has 0 aliphatic carbocycles. The van der Waals surface area contributed by atoms with Crippen LogP contribution in [0, 0.1) is 0 Å². The Hall–Kier alpha value is -2.82. The Balaban J connectivity index is 1.90. The fraction of sp³-hybridized carbons (Fsp3) is 0.300. The van der Waals surface area contributed by atoms with E-state index in [-0.39, 0.29) is 23.4 Å². The maximum atomic E-state index is 10.0. The summed E-state index contributed by atoms with van der Waals surface area (Å²) in [7, 11) is 0. The fourth-order valence-electron chi connectivity index (χ4n) is 3.67. The van der Waals surface area contributed by atoms with Crippen molar-refractivity contribution in [3.63, 3.8) is 0 Å². The molecule has 2 aliphatic heterocycles. The van der Waals surface area contributed by atoms with Gasteiger partial charge in [-0.2, -0.15) is 0 Å². The van der Waals surface area contributed by atoms with E-state index in [1.165, 1.54) is 11.6 Å². The van der Waals surface area contributed by atoms with Crippen LogP contribution in [0.25, 0.3) is 0 Å². The molecule has 5 nitrogen and oxygen atoms in total. The average molecular weight is 340 g/mol. The lowest BCUT2D eigenvalue weighted by Gasteiger charge is -2.38. The van der Waals surface area contributed by atoms with E-state index >= 15 is 0 Å². The van der Waals surface area contributed by atoms with Crippen molar-refractivity contribution in [2.75, 3.05) is 6.61 Å². The summed E-state index contributed by atoms with van der Waals surface area (Å²) in [6.45, 7) is 4.42. The second-order valence-electron chi connectivity index (χ2n) is 6.99. The molecule has 0 spiro atoms. The van der Waals surface area contributed by atoms with Crippen molar-refractivity contribution in [3.8, 4) is 28.7 Å². The van der Waals surface area contributed by atoms with Gasteiger partial charge >= 0.3 is 0 Å². The van der Waals surface area contributed by atoms with Crippen LogP contribution in [0.1, 0.15) is 37.5 Å². The van der Waals surface area contributed by atoms with E-state index in [1.807, 2.05) is 13.8 Å². The first-order valence-electron chi connectivity index (χ1n) is 8.23. The molecule has 5 heteroatoms. The zero-order valence-corrected chi connectivity index (χ0v) is 14.1. The highest BCUT2D eigenvalue weighted by molar-refractivity contribution is 5.59. The van der Waals surface area contributed by atoms with Crippen molar-refractivity contribution in [1.82, 2.24) is 0 Å². The molecule has 25 heavy (non-hydrogen) atoms. The minimum atomic E-state index is -0.498. The van der Waals surface area contributed by atoms with E-state index in [1.54, 1.807) is 24.3 Å². The molecule has 3 N–H and O–H groups in total.